The summed E-state index contributed by atoms with van der Waals surface area (Å²) in [6.07, 6.45) is 0. The molecule has 98 valence electrons. The van der Waals surface area contributed by atoms with Crippen LogP contribution >= 0.6 is 23.2 Å². The fourth-order valence-corrected chi connectivity index (χ4v) is 1.82. The highest BCUT2D eigenvalue weighted by molar-refractivity contribution is 6.38. The van der Waals surface area contributed by atoms with Crippen LogP contribution in [0.4, 0.5) is 0 Å². The Kier molecular flexibility index (Phi) is 3.83. The maximum atomic E-state index is 11.8. The Bertz CT molecular complexity index is 626. The number of phenols is 2. The molecule has 0 amide bonds. The van der Waals surface area contributed by atoms with Gasteiger partial charge in [-0.2, -0.15) is 0 Å². The maximum Gasteiger partial charge on any atom is 0.343 e. The van der Waals surface area contributed by atoms with Crippen LogP contribution in [0.1, 0.15) is 10.4 Å². The number of ether oxygens (including phenoxy) is 1. The molecule has 0 radical (unpaired) electrons. The number of rotatable bonds is 2. The lowest BCUT2D eigenvalue weighted by atomic mass is 10.2. The third kappa shape index (κ3) is 2.75. The zero-order valence-corrected chi connectivity index (χ0v) is 10.9. The zero-order valence-electron chi connectivity index (χ0n) is 9.43. The molecule has 0 spiro atoms. The Morgan fingerprint density at radius 2 is 1.68 bits per heavy atom. The van der Waals surface area contributed by atoms with Gasteiger partial charge in [-0.05, 0) is 12.1 Å². The lowest BCUT2D eigenvalue weighted by molar-refractivity contribution is 0.0729. The standard InChI is InChI=1S/C13H8Cl2O4/c14-8-6-9(12(17)10(15)11(8)16)19-13(18)7-4-2-1-3-5-7/h1-6,16-17H. The molecule has 2 aromatic rings. The van der Waals surface area contributed by atoms with Gasteiger partial charge in [0.1, 0.15) is 5.02 Å². The molecule has 0 bridgehead atoms. The van der Waals surface area contributed by atoms with Gasteiger partial charge >= 0.3 is 5.97 Å². The molecular formula is C13H8Cl2O4. The van der Waals surface area contributed by atoms with Crippen molar-refractivity contribution in [3.63, 3.8) is 0 Å². The molecule has 0 saturated carbocycles. The second kappa shape index (κ2) is 5.38. The highest BCUT2D eigenvalue weighted by atomic mass is 35.5. The van der Waals surface area contributed by atoms with Gasteiger partial charge in [-0.3, -0.25) is 0 Å². The zero-order chi connectivity index (χ0) is 14.0. The van der Waals surface area contributed by atoms with E-state index in [9.17, 15) is 15.0 Å². The van der Waals surface area contributed by atoms with E-state index in [2.05, 4.69) is 0 Å². The summed E-state index contributed by atoms with van der Waals surface area (Å²) in [5, 5.41) is 18.6. The molecule has 2 N–H and O–H groups in total. The first kappa shape index (κ1) is 13.5. The van der Waals surface area contributed by atoms with Crippen molar-refractivity contribution in [3.8, 4) is 17.2 Å². The van der Waals surface area contributed by atoms with E-state index in [-0.39, 0.29) is 15.8 Å². The topological polar surface area (TPSA) is 66.8 Å². The molecule has 0 aliphatic carbocycles. The van der Waals surface area contributed by atoms with Gasteiger partial charge in [0.25, 0.3) is 0 Å². The van der Waals surface area contributed by atoms with Gasteiger partial charge in [0, 0.05) is 6.07 Å². The Labute approximate surface area is 118 Å². The van der Waals surface area contributed by atoms with E-state index in [1.807, 2.05) is 0 Å². The molecule has 2 aromatic carbocycles. The molecule has 0 atom stereocenters. The minimum Gasteiger partial charge on any atom is -0.505 e. The molecule has 4 nitrogen and oxygen atoms in total. The number of benzene rings is 2. The fourth-order valence-electron chi connectivity index (χ4n) is 1.39. The Hall–Kier alpha value is -1.91. The maximum absolute atomic E-state index is 11.8. The molecule has 0 aliphatic rings. The van der Waals surface area contributed by atoms with E-state index in [1.54, 1.807) is 30.3 Å². The van der Waals surface area contributed by atoms with Gasteiger partial charge in [-0.1, -0.05) is 41.4 Å². The molecule has 2 rings (SSSR count). The molecule has 0 aliphatic heterocycles. The number of hydrogen-bond donors (Lipinski definition) is 2. The first-order chi connectivity index (χ1) is 9.00. The molecule has 0 aromatic heterocycles. The van der Waals surface area contributed by atoms with E-state index in [1.165, 1.54) is 0 Å². The third-order valence-corrected chi connectivity index (χ3v) is 2.99. The van der Waals surface area contributed by atoms with Crippen molar-refractivity contribution in [1.82, 2.24) is 0 Å². The summed E-state index contributed by atoms with van der Waals surface area (Å²) in [4.78, 5) is 11.8. The summed E-state index contributed by atoms with van der Waals surface area (Å²) in [6, 6.07) is 9.33. The number of hydrogen-bond acceptors (Lipinski definition) is 4. The van der Waals surface area contributed by atoms with Crippen LogP contribution in [0.2, 0.25) is 10.0 Å². The average molecular weight is 299 g/mol. The minimum atomic E-state index is -0.672. The number of carbonyl (C=O) groups is 1. The van der Waals surface area contributed by atoms with Crippen molar-refractivity contribution >= 4 is 29.2 Å². The smallest absolute Gasteiger partial charge is 0.343 e. The number of halogens is 2. The first-order valence-corrected chi connectivity index (χ1v) is 5.93. The summed E-state index contributed by atoms with van der Waals surface area (Å²) >= 11 is 11.3. The second-order valence-corrected chi connectivity index (χ2v) is 4.41. The van der Waals surface area contributed by atoms with Crippen LogP contribution in [0, 0.1) is 0 Å². The Morgan fingerprint density at radius 3 is 2.32 bits per heavy atom. The van der Waals surface area contributed by atoms with Crippen LogP contribution < -0.4 is 4.74 Å². The van der Waals surface area contributed by atoms with Crippen molar-refractivity contribution in [2.45, 2.75) is 0 Å². The van der Waals surface area contributed by atoms with E-state index < -0.39 is 17.5 Å². The van der Waals surface area contributed by atoms with Gasteiger partial charge in [0.05, 0.1) is 10.6 Å². The monoisotopic (exact) mass is 298 g/mol. The lowest BCUT2D eigenvalue weighted by Crippen LogP contribution is -2.08. The number of aromatic hydroxyl groups is 2. The predicted octanol–water partition coefficient (Wildman–Crippen LogP) is 3.62. The van der Waals surface area contributed by atoms with E-state index >= 15 is 0 Å². The highest BCUT2D eigenvalue weighted by Gasteiger charge is 2.18. The van der Waals surface area contributed by atoms with Crippen molar-refractivity contribution in [2.24, 2.45) is 0 Å². The van der Waals surface area contributed by atoms with Crippen LogP contribution in [-0.4, -0.2) is 16.2 Å². The van der Waals surface area contributed by atoms with Crippen LogP contribution in [0.5, 0.6) is 17.2 Å². The van der Waals surface area contributed by atoms with E-state index in [0.29, 0.717) is 5.56 Å². The number of carbonyl (C=O) groups excluding carboxylic acids is 1. The normalized spacial score (nSPS) is 10.2. The minimum absolute atomic E-state index is 0.126. The molecule has 0 saturated heterocycles. The van der Waals surface area contributed by atoms with Gasteiger partial charge in [-0.15, -0.1) is 0 Å². The molecule has 0 heterocycles. The van der Waals surface area contributed by atoms with Crippen molar-refractivity contribution < 1.29 is 19.7 Å². The molecule has 0 unspecified atom stereocenters. The number of phenolic OH excluding ortho intramolecular Hbond substituents is 2. The first-order valence-electron chi connectivity index (χ1n) is 5.18. The summed E-state index contributed by atoms with van der Waals surface area (Å²) in [6.45, 7) is 0. The van der Waals surface area contributed by atoms with Crippen molar-refractivity contribution in [2.75, 3.05) is 0 Å². The summed E-state index contributed by atoms with van der Waals surface area (Å²) in [5.41, 5.74) is 0.308. The van der Waals surface area contributed by atoms with E-state index in [0.717, 1.165) is 6.07 Å². The van der Waals surface area contributed by atoms with Crippen LogP contribution in [0.25, 0.3) is 0 Å². The Balaban J connectivity index is 2.32. The summed E-state index contributed by atoms with van der Waals surface area (Å²) in [7, 11) is 0. The average Bonchev–Trinajstić information content (AvgIpc) is 2.43. The van der Waals surface area contributed by atoms with Crippen molar-refractivity contribution in [1.29, 1.82) is 0 Å². The largest absolute Gasteiger partial charge is 0.505 e. The van der Waals surface area contributed by atoms with Crippen molar-refractivity contribution in [3.05, 3.63) is 52.0 Å². The summed E-state index contributed by atoms with van der Waals surface area (Å²) in [5.74, 6) is -1.91. The van der Waals surface area contributed by atoms with Gasteiger partial charge in [-0.25, -0.2) is 4.79 Å². The lowest BCUT2D eigenvalue weighted by Gasteiger charge is -2.09. The predicted molar refractivity (Wildman–Crippen MR) is 71.2 cm³/mol. The van der Waals surface area contributed by atoms with Crippen LogP contribution in [0.15, 0.2) is 36.4 Å². The van der Waals surface area contributed by atoms with Gasteiger partial charge in [0.2, 0.25) is 0 Å². The van der Waals surface area contributed by atoms with Crippen LogP contribution in [0.3, 0.4) is 0 Å². The van der Waals surface area contributed by atoms with Gasteiger partial charge < -0.3 is 14.9 Å². The Morgan fingerprint density at radius 1 is 1.05 bits per heavy atom. The molecule has 19 heavy (non-hydrogen) atoms. The highest BCUT2D eigenvalue weighted by Crippen LogP contribution is 2.44. The number of esters is 1. The quantitative estimate of drug-likeness (QED) is 0.656. The molecule has 6 heteroatoms. The fraction of sp³-hybridized carbons (Fsp3) is 0. The third-order valence-electron chi connectivity index (χ3n) is 2.35. The van der Waals surface area contributed by atoms with E-state index in [4.69, 9.17) is 27.9 Å². The van der Waals surface area contributed by atoms with Crippen LogP contribution in [-0.2, 0) is 0 Å². The second-order valence-electron chi connectivity index (χ2n) is 3.62. The summed E-state index contributed by atoms with van der Waals surface area (Å²) < 4.78 is 4.98. The SMILES string of the molecule is O=C(Oc1cc(Cl)c(O)c(Cl)c1O)c1ccccc1. The van der Waals surface area contributed by atoms with Gasteiger partial charge in [0.15, 0.2) is 17.2 Å². The molecular weight excluding hydrogens is 291 g/mol. The molecule has 0 fully saturated rings.